The van der Waals surface area contributed by atoms with E-state index in [4.69, 9.17) is 4.74 Å². The number of carbonyl (C=O) groups is 8. The van der Waals surface area contributed by atoms with Crippen LogP contribution in [0.15, 0.2) is 72.9 Å². The maximum absolute atomic E-state index is 15.0. The van der Waals surface area contributed by atoms with Crippen molar-refractivity contribution in [1.29, 1.82) is 0 Å². The minimum atomic E-state index is -1.68. The molecule has 0 bridgehead atoms. The zero-order valence-corrected chi connectivity index (χ0v) is 36.0. The van der Waals surface area contributed by atoms with Gasteiger partial charge in [-0.2, -0.15) is 0 Å². The number of pyridine rings is 1. The summed E-state index contributed by atoms with van der Waals surface area (Å²) >= 11 is 0. The smallest absolute Gasteiger partial charge is 0.333 e. The zero-order valence-electron chi connectivity index (χ0n) is 36.0. The highest BCUT2D eigenvalue weighted by atomic mass is 16.5. The van der Waals surface area contributed by atoms with Crippen LogP contribution in [0.1, 0.15) is 73.6 Å². The number of carbonyl (C=O) groups excluding carboxylic acids is 8. The van der Waals surface area contributed by atoms with Gasteiger partial charge < -0.3 is 45.4 Å². The first-order chi connectivity index (χ1) is 30.1. The van der Waals surface area contributed by atoms with Crippen LogP contribution in [0.3, 0.4) is 0 Å². The minimum absolute atomic E-state index is 0.0299. The lowest BCUT2D eigenvalue weighted by Crippen LogP contribution is -2.61. The van der Waals surface area contributed by atoms with Crippen molar-refractivity contribution in [1.82, 2.24) is 35.6 Å². The second kappa shape index (κ2) is 19.9. The molecule has 3 saturated heterocycles. The lowest BCUT2D eigenvalue weighted by Gasteiger charge is -2.40. The van der Waals surface area contributed by atoms with E-state index in [1.54, 1.807) is 37.3 Å². The normalized spacial score (nSPS) is 25.4. The Balaban J connectivity index is 1.44. The van der Waals surface area contributed by atoms with Crippen LogP contribution in [0, 0.1) is 0 Å². The lowest BCUT2D eigenvalue weighted by atomic mass is 9.95. The van der Waals surface area contributed by atoms with Gasteiger partial charge in [-0.15, -0.1) is 0 Å². The van der Waals surface area contributed by atoms with Crippen molar-refractivity contribution >= 4 is 52.9 Å². The summed E-state index contributed by atoms with van der Waals surface area (Å²) in [7, 11) is 5.25. The molecule has 3 aliphatic rings. The van der Waals surface area contributed by atoms with E-state index in [2.05, 4.69) is 20.9 Å². The SMILES string of the molecule is CC[C@H]1NC(=O)[C@@H](NC(=O)c2ncccc2O)[C@@H](C)OC(=O)[C@@H](c2ccccc2)NC(=O)[C@H]2CC(=O)CCN2C(=O)[C@@H](Cc2ccc(N(C)C)cc2)N(C)C(=O)[C@H]2CCCN2C1=O. The zero-order chi connectivity index (χ0) is 45.5. The molecule has 7 atom stereocenters. The molecule has 18 nitrogen and oxygen atoms in total. The third-order valence-corrected chi connectivity index (χ3v) is 11.8. The molecule has 6 amide bonds. The molecule has 63 heavy (non-hydrogen) atoms. The van der Waals surface area contributed by atoms with E-state index in [-0.39, 0.29) is 56.5 Å². The van der Waals surface area contributed by atoms with Gasteiger partial charge in [-0.3, -0.25) is 33.6 Å². The first kappa shape index (κ1) is 45.7. The van der Waals surface area contributed by atoms with Crippen molar-refractivity contribution in [3.8, 4) is 5.75 Å². The van der Waals surface area contributed by atoms with Crippen LogP contribution in [0.4, 0.5) is 5.69 Å². The third kappa shape index (κ3) is 10.3. The van der Waals surface area contributed by atoms with E-state index in [1.807, 2.05) is 43.3 Å². The number of ether oxygens (including phenoxy) is 1. The summed E-state index contributed by atoms with van der Waals surface area (Å²) in [6.07, 6.45) is 0.175. The number of Topliss-reactive ketones (excluding diaryl/α,β-unsaturated/α-hetero) is 1. The number of anilines is 1. The summed E-state index contributed by atoms with van der Waals surface area (Å²) in [5.41, 5.74) is 1.45. The fraction of sp³-hybridized carbons (Fsp3) is 0.444. The predicted octanol–water partition coefficient (Wildman–Crippen LogP) is 1.27. The van der Waals surface area contributed by atoms with Crippen molar-refractivity contribution in [3.05, 3.63) is 89.7 Å². The van der Waals surface area contributed by atoms with Gasteiger partial charge in [0.25, 0.3) is 5.91 Å². The molecule has 3 fully saturated rings. The third-order valence-electron chi connectivity index (χ3n) is 11.8. The second-order valence-electron chi connectivity index (χ2n) is 16.2. The van der Waals surface area contributed by atoms with Crippen molar-refractivity contribution in [3.63, 3.8) is 0 Å². The van der Waals surface area contributed by atoms with Crippen LogP contribution in [-0.2, 0) is 44.7 Å². The van der Waals surface area contributed by atoms with E-state index in [1.165, 1.54) is 47.0 Å². The molecule has 6 rings (SSSR count). The number of fused-ring (bicyclic) bond motifs is 2. The minimum Gasteiger partial charge on any atom is -0.505 e. The highest BCUT2D eigenvalue weighted by Crippen LogP contribution is 2.27. The molecule has 3 aromatic rings. The van der Waals surface area contributed by atoms with Crippen molar-refractivity contribution in [2.45, 2.75) is 94.7 Å². The average Bonchev–Trinajstić information content (AvgIpc) is 3.77. The number of nitrogens with one attached hydrogen (secondary N) is 3. The first-order valence-corrected chi connectivity index (χ1v) is 21.1. The number of aromatic hydroxyl groups is 1. The number of hydrogen-bond donors (Lipinski definition) is 4. The second-order valence-corrected chi connectivity index (χ2v) is 16.2. The standard InChI is InChI=1S/C45H54N8O10/c1-6-31-42(59)52-22-11-14-32(52)43(60)51(5)34(24-27-16-18-29(19-17-27)50(3)4)44(61)53-23-20-30(54)25-33(53)39(56)49-37(28-12-8-7-9-13-28)45(62)63-26(2)36(40(57)47-31)48-41(58)38-35(55)15-10-21-46-38/h7-10,12-13,15-19,21,26,31-34,36-37,55H,6,11,14,20,22-25H2,1-5H3,(H,47,57)(H,48,58)(H,49,56)/t26-,31-,32-,33-,34-,36+,37-/m1/s1. The molecule has 0 spiro atoms. The molecule has 2 aromatic carbocycles. The number of nitrogens with zero attached hydrogens (tertiary/aromatic N) is 5. The van der Waals surface area contributed by atoms with E-state index < -0.39 is 95.2 Å². The Morgan fingerprint density at radius 1 is 0.873 bits per heavy atom. The molecule has 1 aromatic heterocycles. The fourth-order valence-electron chi connectivity index (χ4n) is 8.20. The maximum Gasteiger partial charge on any atom is 0.333 e. The monoisotopic (exact) mass is 866 g/mol. The number of esters is 1. The molecule has 0 aliphatic carbocycles. The number of ketones is 1. The van der Waals surface area contributed by atoms with Gasteiger partial charge in [0.2, 0.25) is 29.5 Å². The quantitative estimate of drug-likeness (QED) is 0.247. The number of cyclic esters (lactones) is 1. The topological polar surface area (TPSA) is 228 Å². The molecule has 18 heteroatoms. The maximum atomic E-state index is 15.0. The summed E-state index contributed by atoms with van der Waals surface area (Å²) in [4.78, 5) is 123. The van der Waals surface area contributed by atoms with Crippen LogP contribution in [0.5, 0.6) is 5.75 Å². The van der Waals surface area contributed by atoms with Crippen LogP contribution < -0.4 is 20.9 Å². The Morgan fingerprint density at radius 3 is 2.24 bits per heavy atom. The Kier molecular flexibility index (Phi) is 14.4. The van der Waals surface area contributed by atoms with Gasteiger partial charge in [0.15, 0.2) is 11.7 Å². The van der Waals surface area contributed by atoms with E-state index >= 15 is 0 Å². The summed E-state index contributed by atoms with van der Waals surface area (Å²) in [6.45, 7) is 3.02. The van der Waals surface area contributed by atoms with Crippen molar-refractivity contribution in [2.24, 2.45) is 0 Å². The number of amides is 6. The lowest BCUT2D eigenvalue weighted by molar-refractivity contribution is -0.156. The van der Waals surface area contributed by atoms with E-state index in [9.17, 15) is 43.5 Å². The van der Waals surface area contributed by atoms with Gasteiger partial charge in [0, 0.05) is 65.4 Å². The number of hydrogen-bond acceptors (Lipinski definition) is 12. The van der Waals surface area contributed by atoms with Gasteiger partial charge in [0.1, 0.15) is 47.8 Å². The van der Waals surface area contributed by atoms with E-state index in [0.717, 1.165) is 5.69 Å². The number of rotatable bonds is 7. The number of benzene rings is 2. The van der Waals surface area contributed by atoms with Crippen LogP contribution >= 0.6 is 0 Å². The molecular weight excluding hydrogens is 813 g/mol. The summed E-state index contributed by atoms with van der Waals surface area (Å²) in [6, 6.07) is 10.1. The number of piperidine rings is 1. The molecule has 4 heterocycles. The molecule has 4 N–H and O–H groups in total. The Labute approximate surface area is 365 Å². The Bertz CT molecular complexity index is 2220. The van der Waals surface area contributed by atoms with Crippen LogP contribution in [-0.4, -0.2) is 143 Å². The van der Waals surface area contributed by atoms with Crippen LogP contribution in [0.2, 0.25) is 0 Å². The highest BCUT2D eigenvalue weighted by molar-refractivity contribution is 6.01. The van der Waals surface area contributed by atoms with Crippen LogP contribution in [0.25, 0.3) is 0 Å². The van der Waals surface area contributed by atoms with Gasteiger partial charge in [0.05, 0.1) is 0 Å². The summed E-state index contributed by atoms with van der Waals surface area (Å²) in [5, 5.41) is 18.2. The fourth-order valence-corrected chi connectivity index (χ4v) is 8.20. The molecule has 0 saturated carbocycles. The van der Waals surface area contributed by atoms with Gasteiger partial charge in [-0.05, 0) is 61.6 Å². The summed E-state index contributed by atoms with van der Waals surface area (Å²) < 4.78 is 5.85. The molecule has 3 aliphatic heterocycles. The summed E-state index contributed by atoms with van der Waals surface area (Å²) in [5.74, 6) is -6.33. The average molecular weight is 867 g/mol. The number of aromatic nitrogens is 1. The molecule has 334 valence electrons. The first-order valence-electron chi connectivity index (χ1n) is 21.1. The Morgan fingerprint density at radius 2 is 1.57 bits per heavy atom. The molecule has 0 radical (unpaired) electrons. The van der Waals surface area contributed by atoms with Crippen molar-refractivity contribution < 1.29 is 48.2 Å². The van der Waals surface area contributed by atoms with Gasteiger partial charge in [-0.25, -0.2) is 9.78 Å². The van der Waals surface area contributed by atoms with E-state index in [0.29, 0.717) is 12.0 Å². The number of likely N-dealkylation sites (N-methyl/N-ethyl adjacent to an activating group) is 1. The largest absolute Gasteiger partial charge is 0.505 e. The van der Waals surface area contributed by atoms with Gasteiger partial charge in [-0.1, -0.05) is 49.4 Å². The predicted molar refractivity (Wildman–Crippen MR) is 228 cm³/mol. The van der Waals surface area contributed by atoms with Crippen molar-refractivity contribution in [2.75, 3.05) is 39.1 Å². The molecule has 0 unspecified atom stereocenters. The Hall–Kier alpha value is -6.85. The van der Waals surface area contributed by atoms with Gasteiger partial charge >= 0.3 is 5.97 Å². The molecular formula is C45H54N8O10. The highest BCUT2D eigenvalue weighted by Gasteiger charge is 2.45.